The number of likely N-dealkylation sites (tertiary alicyclic amines) is 1. The summed E-state index contributed by atoms with van der Waals surface area (Å²) < 4.78 is 7.38. The van der Waals surface area contributed by atoms with Crippen LogP contribution in [0, 0.1) is 0 Å². The van der Waals surface area contributed by atoms with E-state index in [9.17, 15) is 4.79 Å². The van der Waals surface area contributed by atoms with Gasteiger partial charge < -0.3 is 19.5 Å². The molecule has 3 heterocycles. The third-order valence-electron chi connectivity index (χ3n) is 5.34. The molecule has 2 amide bonds. The van der Waals surface area contributed by atoms with Crippen molar-refractivity contribution in [2.24, 2.45) is 0 Å². The lowest BCUT2D eigenvalue weighted by Gasteiger charge is -2.18. The molecule has 2 aromatic heterocycles. The predicted molar refractivity (Wildman–Crippen MR) is 107 cm³/mol. The number of carbonyl (C=O) groups excluding carboxylic acids is 1. The van der Waals surface area contributed by atoms with E-state index in [1.165, 1.54) is 0 Å². The van der Waals surface area contributed by atoms with Gasteiger partial charge in [-0.3, -0.25) is 4.98 Å². The minimum absolute atomic E-state index is 0.0286. The maximum absolute atomic E-state index is 12.6. The Balaban J connectivity index is 1.40. The molecule has 7 nitrogen and oxygen atoms in total. The zero-order valence-corrected chi connectivity index (χ0v) is 16.3. The van der Waals surface area contributed by atoms with Crippen molar-refractivity contribution in [3.05, 3.63) is 54.1 Å². The normalized spacial score (nSPS) is 16.5. The molecule has 1 aliphatic rings. The van der Waals surface area contributed by atoms with Crippen LogP contribution < -0.4 is 10.1 Å². The van der Waals surface area contributed by atoms with Gasteiger partial charge >= 0.3 is 6.03 Å². The van der Waals surface area contributed by atoms with Gasteiger partial charge in [0.2, 0.25) is 0 Å². The van der Waals surface area contributed by atoms with Gasteiger partial charge in [0.25, 0.3) is 0 Å². The van der Waals surface area contributed by atoms with Gasteiger partial charge in [0.05, 0.1) is 24.3 Å². The van der Waals surface area contributed by atoms with E-state index in [0.29, 0.717) is 13.1 Å². The number of nitrogens with zero attached hydrogens (tertiary/aromatic N) is 4. The number of aryl methyl sites for hydroxylation is 1. The van der Waals surface area contributed by atoms with E-state index >= 15 is 0 Å². The molecular formula is C21H25N5O2. The maximum Gasteiger partial charge on any atom is 0.317 e. The van der Waals surface area contributed by atoms with Crippen LogP contribution in [-0.4, -0.2) is 45.7 Å². The highest BCUT2D eigenvalue weighted by atomic mass is 16.5. The second-order valence-electron chi connectivity index (χ2n) is 7.02. The Morgan fingerprint density at radius 3 is 2.86 bits per heavy atom. The fraction of sp³-hybridized carbons (Fsp3) is 0.381. The van der Waals surface area contributed by atoms with Crippen molar-refractivity contribution < 1.29 is 9.53 Å². The summed E-state index contributed by atoms with van der Waals surface area (Å²) in [5, 5.41) is 3.01. The lowest BCUT2D eigenvalue weighted by atomic mass is 10.1. The highest BCUT2D eigenvalue weighted by Crippen LogP contribution is 2.29. The second kappa shape index (κ2) is 7.88. The molecule has 1 saturated heterocycles. The number of imidazole rings is 1. The molecule has 0 saturated carbocycles. The van der Waals surface area contributed by atoms with E-state index in [2.05, 4.69) is 21.8 Å². The molecule has 1 fully saturated rings. The number of benzene rings is 1. The Bertz CT molecular complexity index is 967. The number of amides is 2. The number of fused-ring (bicyclic) bond motifs is 1. The summed E-state index contributed by atoms with van der Waals surface area (Å²) in [6.45, 7) is 4.89. The summed E-state index contributed by atoms with van der Waals surface area (Å²) in [6, 6.07) is 9.64. The molecule has 7 heteroatoms. The van der Waals surface area contributed by atoms with Gasteiger partial charge in [-0.05, 0) is 37.1 Å². The summed E-state index contributed by atoms with van der Waals surface area (Å²) in [7, 11) is 1.64. The van der Waals surface area contributed by atoms with E-state index in [0.717, 1.165) is 47.7 Å². The molecule has 3 aromatic rings. The summed E-state index contributed by atoms with van der Waals surface area (Å²) in [6.07, 6.45) is 4.56. The number of carbonyl (C=O) groups is 1. The molecule has 0 spiro atoms. The highest BCUT2D eigenvalue weighted by Gasteiger charge is 2.30. The number of urea groups is 1. The van der Waals surface area contributed by atoms with Crippen molar-refractivity contribution >= 4 is 17.1 Å². The average molecular weight is 379 g/mol. The first-order valence-electron chi connectivity index (χ1n) is 9.65. The van der Waals surface area contributed by atoms with Crippen molar-refractivity contribution in [2.75, 3.05) is 20.2 Å². The molecule has 146 valence electrons. The molecule has 1 aliphatic heterocycles. The van der Waals surface area contributed by atoms with E-state index in [1.54, 1.807) is 13.3 Å². The van der Waals surface area contributed by atoms with Crippen LogP contribution in [0.4, 0.5) is 4.79 Å². The molecule has 1 atom stereocenters. The van der Waals surface area contributed by atoms with Gasteiger partial charge in [0.1, 0.15) is 11.6 Å². The molecule has 0 radical (unpaired) electrons. The lowest BCUT2D eigenvalue weighted by Crippen LogP contribution is -2.38. The van der Waals surface area contributed by atoms with E-state index in [1.807, 2.05) is 41.4 Å². The second-order valence-corrected chi connectivity index (χ2v) is 7.02. The lowest BCUT2D eigenvalue weighted by molar-refractivity contribution is 0.207. The zero-order chi connectivity index (χ0) is 19.5. The van der Waals surface area contributed by atoms with Gasteiger partial charge in [0, 0.05) is 38.3 Å². The smallest absolute Gasteiger partial charge is 0.317 e. The SMILES string of the molecule is CCn1c([C@@H]2CCN(C(=O)NCc3ccc(OC)cc3)C2)nc2ccncc21. The molecule has 0 aliphatic carbocycles. The van der Waals surface area contributed by atoms with Crippen molar-refractivity contribution in [1.82, 2.24) is 24.8 Å². The fourth-order valence-corrected chi connectivity index (χ4v) is 3.82. The van der Waals surface area contributed by atoms with Crippen LogP contribution >= 0.6 is 0 Å². The van der Waals surface area contributed by atoms with Crippen molar-refractivity contribution in [3.8, 4) is 5.75 Å². The van der Waals surface area contributed by atoms with Crippen molar-refractivity contribution in [1.29, 1.82) is 0 Å². The quantitative estimate of drug-likeness (QED) is 0.739. The van der Waals surface area contributed by atoms with Crippen LogP contribution in [0.5, 0.6) is 5.75 Å². The molecule has 0 unspecified atom stereocenters. The molecular weight excluding hydrogens is 354 g/mol. The molecule has 4 rings (SSSR count). The third kappa shape index (κ3) is 3.52. The first kappa shape index (κ1) is 18.3. The number of ether oxygens (including phenoxy) is 1. The summed E-state index contributed by atoms with van der Waals surface area (Å²) in [5.41, 5.74) is 3.07. The number of pyridine rings is 1. The Labute approximate surface area is 164 Å². The zero-order valence-electron chi connectivity index (χ0n) is 16.3. The molecule has 28 heavy (non-hydrogen) atoms. The molecule has 0 bridgehead atoms. The number of aromatic nitrogens is 3. The predicted octanol–water partition coefficient (Wildman–Crippen LogP) is 3.16. The first-order chi connectivity index (χ1) is 13.7. The van der Waals surface area contributed by atoms with Gasteiger partial charge in [0.15, 0.2) is 0 Å². The monoisotopic (exact) mass is 379 g/mol. The number of hydrogen-bond acceptors (Lipinski definition) is 4. The van der Waals surface area contributed by atoms with Crippen LogP contribution in [0.1, 0.15) is 30.7 Å². The van der Waals surface area contributed by atoms with Crippen LogP contribution in [0.2, 0.25) is 0 Å². The Hall–Kier alpha value is -3.09. The topological polar surface area (TPSA) is 72.3 Å². The highest BCUT2D eigenvalue weighted by molar-refractivity contribution is 5.76. The number of rotatable bonds is 5. The number of methoxy groups -OCH3 is 1. The minimum atomic E-state index is -0.0286. The Morgan fingerprint density at radius 1 is 1.29 bits per heavy atom. The van der Waals surface area contributed by atoms with Crippen molar-refractivity contribution in [3.63, 3.8) is 0 Å². The third-order valence-corrected chi connectivity index (χ3v) is 5.34. The number of hydrogen-bond donors (Lipinski definition) is 1. The Kier molecular flexibility index (Phi) is 5.14. The van der Waals surface area contributed by atoms with Crippen LogP contribution in [0.25, 0.3) is 11.0 Å². The Morgan fingerprint density at radius 2 is 2.11 bits per heavy atom. The van der Waals surface area contributed by atoms with Crippen LogP contribution in [0.3, 0.4) is 0 Å². The maximum atomic E-state index is 12.6. The van der Waals surface area contributed by atoms with Gasteiger partial charge in [-0.2, -0.15) is 0 Å². The minimum Gasteiger partial charge on any atom is -0.497 e. The van der Waals surface area contributed by atoms with Gasteiger partial charge in [-0.1, -0.05) is 12.1 Å². The summed E-state index contributed by atoms with van der Waals surface area (Å²) in [5.74, 6) is 2.11. The van der Waals surface area contributed by atoms with Crippen molar-refractivity contribution in [2.45, 2.75) is 32.4 Å². The average Bonchev–Trinajstić information content (AvgIpc) is 3.36. The largest absolute Gasteiger partial charge is 0.497 e. The fourth-order valence-electron chi connectivity index (χ4n) is 3.82. The van der Waals surface area contributed by atoms with E-state index in [-0.39, 0.29) is 11.9 Å². The molecule has 1 N–H and O–H groups in total. The first-order valence-corrected chi connectivity index (χ1v) is 9.65. The van der Waals surface area contributed by atoms with Crippen LogP contribution in [0.15, 0.2) is 42.7 Å². The van der Waals surface area contributed by atoms with Gasteiger partial charge in [-0.15, -0.1) is 0 Å². The van der Waals surface area contributed by atoms with E-state index < -0.39 is 0 Å². The van der Waals surface area contributed by atoms with Crippen LogP contribution in [-0.2, 0) is 13.1 Å². The summed E-state index contributed by atoms with van der Waals surface area (Å²) >= 11 is 0. The van der Waals surface area contributed by atoms with E-state index in [4.69, 9.17) is 9.72 Å². The molecule has 1 aromatic carbocycles. The number of nitrogens with one attached hydrogen (secondary N) is 1. The summed E-state index contributed by atoms with van der Waals surface area (Å²) in [4.78, 5) is 23.5. The standard InChI is InChI=1S/C21H25N5O2/c1-3-26-19-13-22-10-8-18(19)24-20(26)16-9-11-25(14-16)21(27)23-12-15-4-6-17(28-2)7-5-15/h4-8,10,13,16H,3,9,11-12,14H2,1-2H3,(H,23,27)/t16-/m1/s1. The van der Waals surface area contributed by atoms with Gasteiger partial charge in [-0.25, -0.2) is 9.78 Å².